The van der Waals surface area contributed by atoms with Crippen LogP contribution in [0.4, 0.5) is 0 Å². The fraction of sp³-hybridized carbons (Fsp3) is 0.467. The summed E-state index contributed by atoms with van der Waals surface area (Å²) in [7, 11) is 4.37. The minimum absolute atomic E-state index is 0. The minimum Gasteiger partial charge on any atom is -1.00 e. The number of fused-ring (bicyclic) bond motifs is 1. The molecule has 0 fully saturated rings. The van der Waals surface area contributed by atoms with Crippen LogP contribution in [0.15, 0.2) is 30.3 Å². The molecule has 0 bridgehead atoms. The van der Waals surface area contributed by atoms with Crippen molar-refractivity contribution in [2.75, 3.05) is 20.6 Å². The van der Waals surface area contributed by atoms with Gasteiger partial charge in [0, 0.05) is 0 Å². The largest absolute Gasteiger partial charge is 1.00 e. The van der Waals surface area contributed by atoms with Gasteiger partial charge in [0.05, 0.1) is 0 Å². The number of hydrogen-bond acceptors (Lipinski definition) is 1. The molecule has 0 spiro atoms. The molecule has 5 heteroatoms. The Morgan fingerprint density at radius 1 is 1.10 bits per heavy atom. The van der Waals surface area contributed by atoms with Gasteiger partial charge in [0.1, 0.15) is 0 Å². The van der Waals surface area contributed by atoms with Crippen molar-refractivity contribution in [3.63, 3.8) is 0 Å². The van der Waals surface area contributed by atoms with Crippen LogP contribution in [-0.2, 0) is 22.9 Å². The van der Waals surface area contributed by atoms with Gasteiger partial charge in [0.25, 0.3) is 0 Å². The van der Waals surface area contributed by atoms with E-state index in [1.807, 2.05) is 0 Å². The number of allylic oxidation sites excluding steroid dienone is 1. The third kappa shape index (κ3) is 6.19. The van der Waals surface area contributed by atoms with Crippen LogP contribution in [0.3, 0.4) is 0 Å². The Kier molecular flexibility index (Phi) is 11.0. The predicted molar refractivity (Wildman–Crippen MR) is 70.8 cm³/mol. The summed E-state index contributed by atoms with van der Waals surface area (Å²) in [5.74, 6) is 0. The topological polar surface area (TPSA) is 3.24 Å². The first-order valence-electron chi connectivity index (χ1n) is 6.17. The van der Waals surface area contributed by atoms with Crippen molar-refractivity contribution in [2.45, 2.75) is 20.7 Å². The Balaban J connectivity index is 0. The summed E-state index contributed by atoms with van der Waals surface area (Å²) < 4.78 is 1.34. The second-order valence-corrected chi connectivity index (χ2v) is 13.9. The smallest absolute Gasteiger partial charge is 1.00 e. The van der Waals surface area contributed by atoms with E-state index in [1.165, 1.54) is 12.1 Å². The zero-order chi connectivity index (χ0) is 12.5. The molecule has 20 heavy (non-hydrogen) atoms. The molecule has 0 heterocycles. The molecule has 1 aliphatic rings. The predicted octanol–water partition coefficient (Wildman–Crippen LogP) is -5.39. The van der Waals surface area contributed by atoms with Crippen LogP contribution in [0.1, 0.15) is 28.6 Å². The average Bonchev–Trinajstić information content (AvgIpc) is 2.59. The van der Waals surface area contributed by atoms with Crippen molar-refractivity contribution in [3.8, 4) is 0 Å². The summed E-state index contributed by atoms with van der Waals surface area (Å²) >= 11 is -0.718. The van der Waals surface area contributed by atoms with E-state index < -0.39 is 22.9 Å². The first kappa shape index (κ1) is 22.9. The Morgan fingerprint density at radius 2 is 1.70 bits per heavy atom. The summed E-state index contributed by atoms with van der Waals surface area (Å²) in [6.45, 7) is 6.12. The maximum Gasteiger partial charge on any atom is -1.00 e. The molecule has 0 radical (unpaired) electrons. The van der Waals surface area contributed by atoms with Gasteiger partial charge in [-0.05, 0) is 0 Å². The molecule has 0 saturated carbocycles. The van der Waals surface area contributed by atoms with Crippen molar-refractivity contribution < 1.29 is 60.1 Å². The summed E-state index contributed by atoms with van der Waals surface area (Å²) in [5, 5.41) is 0. The number of benzene rings is 1. The van der Waals surface area contributed by atoms with Crippen LogP contribution in [0.25, 0.3) is 6.08 Å². The zero-order valence-corrected chi connectivity index (χ0v) is 18.2. The van der Waals surface area contributed by atoms with Crippen molar-refractivity contribution in [1.29, 1.82) is 0 Å². The summed E-state index contributed by atoms with van der Waals surface area (Å²) in [6, 6.07) is 8.89. The Labute approximate surface area is 153 Å². The van der Waals surface area contributed by atoms with E-state index in [4.69, 9.17) is 0 Å². The third-order valence-electron chi connectivity index (χ3n) is 3.06. The molecular weight excluding hydrogens is 479 g/mol. The molecule has 0 aliphatic heterocycles. The van der Waals surface area contributed by atoms with Gasteiger partial charge in [-0.25, -0.2) is 0 Å². The molecular formula is C15H21Cl3HfN. The Morgan fingerprint density at radius 3 is 2.30 bits per heavy atom. The molecule has 0 saturated heterocycles. The van der Waals surface area contributed by atoms with Crippen molar-refractivity contribution in [2.24, 2.45) is 0 Å². The molecule has 1 atom stereocenters. The number of halogens is 3. The van der Waals surface area contributed by atoms with Crippen molar-refractivity contribution in [1.82, 2.24) is 4.90 Å². The quantitative estimate of drug-likeness (QED) is 0.374. The third-order valence-corrected chi connectivity index (χ3v) is 9.36. The monoisotopic (exact) mass is 500 g/mol. The van der Waals surface area contributed by atoms with Crippen LogP contribution in [-0.4, -0.2) is 25.5 Å². The van der Waals surface area contributed by atoms with Gasteiger partial charge in [-0.15, -0.1) is 0 Å². The molecule has 0 amide bonds. The van der Waals surface area contributed by atoms with E-state index in [-0.39, 0.29) is 37.2 Å². The van der Waals surface area contributed by atoms with E-state index in [1.54, 1.807) is 5.56 Å². The van der Waals surface area contributed by atoms with Crippen LogP contribution in [0.2, 0.25) is 3.17 Å². The molecule has 1 aliphatic carbocycles. The Bertz CT molecular complexity index is 433. The fourth-order valence-corrected chi connectivity index (χ4v) is 9.32. The first-order chi connectivity index (χ1) is 7.98. The van der Waals surface area contributed by atoms with Crippen LogP contribution >= 0.6 is 0 Å². The summed E-state index contributed by atoms with van der Waals surface area (Å²) in [4.78, 5) is 2.33. The van der Waals surface area contributed by atoms with E-state index in [0.29, 0.717) is 3.17 Å². The van der Waals surface area contributed by atoms with Gasteiger partial charge < -0.3 is 37.2 Å². The molecule has 111 valence electrons. The van der Waals surface area contributed by atoms with Gasteiger partial charge in [-0.1, -0.05) is 0 Å². The van der Waals surface area contributed by atoms with E-state index in [2.05, 4.69) is 69.3 Å². The standard InChI is InChI=1S/C9H7.C6H14N.3ClH.Hf/c1-2-5-9-7-3-6-8(9)4-1;1-6(2)5-7(3)4;;;;/h1-7H;5H2,1-4H3;3*1H;/q;;;;;+3/p-3. The van der Waals surface area contributed by atoms with Crippen LogP contribution in [0.5, 0.6) is 0 Å². The number of nitrogens with zero attached hydrogens (tertiary/aromatic N) is 1. The van der Waals surface area contributed by atoms with Gasteiger partial charge >= 0.3 is 117 Å². The molecule has 0 aromatic heterocycles. The van der Waals surface area contributed by atoms with Gasteiger partial charge in [-0.2, -0.15) is 0 Å². The molecule has 1 unspecified atom stereocenters. The molecule has 1 nitrogen and oxygen atoms in total. The SMILES string of the molecule is CN(C)C[C](C)(C)[Hf+3][CH]1C=Cc2ccccc21.[Cl-].[Cl-].[Cl-]. The second kappa shape index (κ2) is 9.63. The maximum absolute atomic E-state index is 2.45. The van der Waals surface area contributed by atoms with Crippen LogP contribution in [0, 0.1) is 0 Å². The van der Waals surface area contributed by atoms with Crippen LogP contribution < -0.4 is 37.2 Å². The minimum atomic E-state index is -0.718. The van der Waals surface area contributed by atoms with Gasteiger partial charge in [0.15, 0.2) is 0 Å². The average molecular weight is 500 g/mol. The van der Waals surface area contributed by atoms with Gasteiger partial charge in [0.2, 0.25) is 0 Å². The van der Waals surface area contributed by atoms with Gasteiger partial charge in [-0.3, -0.25) is 0 Å². The normalized spacial score (nSPS) is 15.6. The molecule has 2 rings (SSSR count). The summed E-state index contributed by atoms with van der Waals surface area (Å²) in [5.41, 5.74) is 3.04. The molecule has 1 aromatic carbocycles. The van der Waals surface area contributed by atoms with E-state index in [9.17, 15) is 0 Å². The summed E-state index contributed by atoms with van der Waals surface area (Å²) in [6.07, 6.45) is 4.77. The fourth-order valence-electron chi connectivity index (χ4n) is 2.63. The Hall–Kier alpha value is 0.660. The molecule has 1 aromatic rings. The number of hydrogen-bond donors (Lipinski definition) is 0. The van der Waals surface area contributed by atoms with Crippen molar-refractivity contribution in [3.05, 3.63) is 41.5 Å². The van der Waals surface area contributed by atoms with E-state index in [0.717, 1.165) is 3.67 Å². The zero-order valence-electron chi connectivity index (χ0n) is 12.3. The maximum atomic E-state index is 2.45. The van der Waals surface area contributed by atoms with E-state index >= 15 is 0 Å². The molecule has 0 N–H and O–H groups in total. The second-order valence-electron chi connectivity index (χ2n) is 5.73. The first-order valence-corrected chi connectivity index (χ1v) is 10.0. The van der Waals surface area contributed by atoms with Crippen molar-refractivity contribution >= 4 is 6.08 Å². The number of rotatable bonds is 4.